The molecule has 0 saturated heterocycles. The number of sulfone groups is 1. The Bertz CT molecular complexity index is 969. The summed E-state index contributed by atoms with van der Waals surface area (Å²) in [5.74, 6) is -0.432. The lowest BCUT2D eigenvalue weighted by Gasteiger charge is -2.31. The highest BCUT2D eigenvalue weighted by Crippen LogP contribution is 2.43. The molecule has 1 aromatic heterocycles. The predicted octanol–water partition coefficient (Wildman–Crippen LogP) is 4.24. The molecule has 1 aliphatic rings. The number of hydrogen-bond donors (Lipinski definition) is 1. The topological polar surface area (TPSA) is 76.5 Å². The lowest BCUT2D eigenvalue weighted by atomic mass is 9.86. The van der Waals surface area contributed by atoms with E-state index >= 15 is 0 Å². The van der Waals surface area contributed by atoms with E-state index in [0.29, 0.717) is 19.0 Å². The Morgan fingerprint density at radius 3 is 2.31 bits per heavy atom. The lowest BCUT2D eigenvalue weighted by Crippen LogP contribution is -2.38. The van der Waals surface area contributed by atoms with E-state index in [4.69, 9.17) is 4.74 Å². The van der Waals surface area contributed by atoms with Crippen LogP contribution in [-0.2, 0) is 16.0 Å². The van der Waals surface area contributed by atoms with Gasteiger partial charge in [-0.25, -0.2) is 13.4 Å². The first kappa shape index (κ1) is 21.6. The second-order valence-electron chi connectivity index (χ2n) is 7.39. The number of halogens is 3. The third-order valence-electron chi connectivity index (χ3n) is 5.00. The Kier molecular flexibility index (Phi) is 5.91. The molecule has 9 heteroatoms. The van der Waals surface area contributed by atoms with Crippen molar-refractivity contribution in [2.45, 2.75) is 48.8 Å². The summed E-state index contributed by atoms with van der Waals surface area (Å²) in [6, 6.07) is 7.46. The van der Waals surface area contributed by atoms with Gasteiger partial charge < -0.3 is 9.84 Å². The van der Waals surface area contributed by atoms with E-state index in [-0.39, 0.29) is 12.2 Å². The van der Waals surface area contributed by atoms with Crippen molar-refractivity contribution in [1.29, 1.82) is 0 Å². The monoisotopic (exact) mass is 429 g/mol. The van der Waals surface area contributed by atoms with Gasteiger partial charge in [0.2, 0.25) is 5.88 Å². The molecule has 29 heavy (non-hydrogen) atoms. The molecule has 1 heterocycles. The second kappa shape index (κ2) is 7.95. The number of nitrogens with zero attached hydrogens (tertiary/aromatic N) is 1. The zero-order valence-electron chi connectivity index (χ0n) is 15.9. The lowest BCUT2D eigenvalue weighted by molar-refractivity contribution is -0.137. The molecule has 0 amide bonds. The summed E-state index contributed by atoms with van der Waals surface area (Å²) in [7, 11) is -4.14. The molecular weight excluding hydrogens is 407 g/mol. The maximum absolute atomic E-state index is 13.7. The largest absolute Gasteiger partial charge is 0.474 e. The van der Waals surface area contributed by atoms with Gasteiger partial charge in [-0.15, -0.1) is 0 Å². The first-order valence-electron chi connectivity index (χ1n) is 9.22. The minimum Gasteiger partial charge on any atom is -0.474 e. The van der Waals surface area contributed by atoms with Crippen LogP contribution in [0.25, 0.3) is 11.1 Å². The fourth-order valence-corrected chi connectivity index (χ4v) is 4.61. The van der Waals surface area contributed by atoms with Crippen molar-refractivity contribution in [1.82, 2.24) is 4.98 Å². The molecule has 1 aliphatic carbocycles. The standard InChI is InChI=1S/C20H22F3NO4S/c1-29(26,27)17-16(14-8-4-2-5-9-14)15(20(21,22)23)12-24-18(17)28-13-19(25)10-6-3-7-11-19/h2,4-5,8-9,12,25H,3,6-7,10-11,13H2,1H3. The van der Waals surface area contributed by atoms with Crippen molar-refractivity contribution in [2.75, 3.05) is 12.9 Å². The van der Waals surface area contributed by atoms with Crippen LogP contribution in [0.4, 0.5) is 13.2 Å². The second-order valence-corrected chi connectivity index (χ2v) is 9.34. The van der Waals surface area contributed by atoms with Crippen LogP contribution in [0, 0.1) is 0 Å². The Balaban J connectivity index is 2.15. The fourth-order valence-electron chi connectivity index (χ4n) is 3.59. The van der Waals surface area contributed by atoms with E-state index in [9.17, 15) is 26.7 Å². The number of ether oxygens (including phenoxy) is 1. The van der Waals surface area contributed by atoms with E-state index in [1.165, 1.54) is 24.3 Å². The van der Waals surface area contributed by atoms with Gasteiger partial charge in [-0.1, -0.05) is 49.6 Å². The zero-order valence-corrected chi connectivity index (χ0v) is 16.7. The van der Waals surface area contributed by atoms with Crippen LogP contribution in [0.1, 0.15) is 37.7 Å². The van der Waals surface area contributed by atoms with Crippen molar-refractivity contribution in [2.24, 2.45) is 0 Å². The van der Waals surface area contributed by atoms with Gasteiger partial charge in [0, 0.05) is 18.0 Å². The van der Waals surface area contributed by atoms with Crippen LogP contribution >= 0.6 is 0 Å². The first-order chi connectivity index (χ1) is 13.5. The van der Waals surface area contributed by atoms with Gasteiger partial charge >= 0.3 is 6.18 Å². The van der Waals surface area contributed by atoms with E-state index in [1.807, 2.05) is 0 Å². The highest BCUT2D eigenvalue weighted by Gasteiger charge is 2.39. The van der Waals surface area contributed by atoms with Crippen LogP contribution in [0.15, 0.2) is 41.4 Å². The van der Waals surface area contributed by atoms with Gasteiger partial charge in [0.05, 0.1) is 11.2 Å². The number of aliphatic hydroxyl groups is 1. The third kappa shape index (κ3) is 4.90. The van der Waals surface area contributed by atoms with Gasteiger partial charge in [-0.3, -0.25) is 0 Å². The summed E-state index contributed by atoms with van der Waals surface area (Å²) >= 11 is 0. The number of pyridine rings is 1. The number of hydrogen-bond acceptors (Lipinski definition) is 5. The quantitative estimate of drug-likeness (QED) is 0.769. The highest BCUT2D eigenvalue weighted by molar-refractivity contribution is 7.91. The van der Waals surface area contributed by atoms with Crippen LogP contribution in [-0.4, -0.2) is 37.0 Å². The van der Waals surface area contributed by atoms with Crippen molar-refractivity contribution >= 4 is 9.84 Å². The normalized spacial score (nSPS) is 17.1. The number of aromatic nitrogens is 1. The van der Waals surface area contributed by atoms with Crippen LogP contribution in [0.2, 0.25) is 0 Å². The Labute approximate surface area is 167 Å². The zero-order chi connectivity index (χ0) is 21.3. The van der Waals surface area contributed by atoms with Crippen molar-refractivity contribution in [3.05, 3.63) is 42.1 Å². The average molecular weight is 429 g/mol. The van der Waals surface area contributed by atoms with Crippen LogP contribution in [0.3, 0.4) is 0 Å². The molecule has 158 valence electrons. The van der Waals surface area contributed by atoms with E-state index in [0.717, 1.165) is 25.5 Å². The summed E-state index contributed by atoms with van der Waals surface area (Å²) in [5, 5.41) is 10.6. The van der Waals surface area contributed by atoms with Gasteiger partial charge in [-0.2, -0.15) is 13.2 Å². The molecule has 0 unspecified atom stereocenters. The number of benzene rings is 1. The Morgan fingerprint density at radius 2 is 1.76 bits per heavy atom. The molecule has 0 radical (unpaired) electrons. The van der Waals surface area contributed by atoms with Crippen molar-refractivity contribution < 1.29 is 31.4 Å². The molecule has 0 atom stereocenters. The molecule has 5 nitrogen and oxygen atoms in total. The minimum atomic E-state index is -4.81. The Morgan fingerprint density at radius 1 is 1.14 bits per heavy atom. The number of alkyl halides is 3. The molecule has 1 saturated carbocycles. The summed E-state index contributed by atoms with van der Waals surface area (Å²) in [5.41, 5.74) is -2.72. The van der Waals surface area contributed by atoms with E-state index in [1.54, 1.807) is 6.07 Å². The highest BCUT2D eigenvalue weighted by atomic mass is 32.2. The molecule has 3 rings (SSSR count). The summed E-state index contributed by atoms with van der Waals surface area (Å²) in [6.07, 6.45) is 0.130. The molecular formula is C20H22F3NO4S. The summed E-state index contributed by atoms with van der Waals surface area (Å²) in [4.78, 5) is 3.05. The van der Waals surface area contributed by atoms with E-state index < -0.39 is 43.5 Å². The molecule has 0 spiro atoms. The summed E-state index contributed by atoms with van der Waals surface area (Å²) in [6.45, 7) is -0.234. The molecule has 1 fully saturated rings. The van der Waals surface area contributed by atoms with Crippen LogP contribution in [0.5, 0.6) is 5.88 Å². The first-order valence-corrected chi connectivity index (χ1v) is 11.1. The average Bonchev–Trinajstić information content (AvgIpc) is 2.65. The van der Waals surface area contributed by atoms with Crippen LogP contribution < -0.4 is 4.74 Å². The maximum atomic E-state index is 13.7. The van der Waals surface area contributed by atoms with Gasteiger partial charge in [0.25, 0.3) is 0 Å². The Hall–Kier alpha value is -2.13. The summed E-state index contributed by atoms with van der Waals surface area (Å²) < 4.78 is 71.5. The van der Waals surface area contributed by atoms with Crippen molar-refractivity contribution in [3.8, 4) is 17.0 Å². The fraction of sp³-hybridized carbons (Fsp3) is 0.450. The molecule has 0 aliphatic heterocycles. The predicted molar refractivity (Wildman–Crippen MR) is 101 cm³/mol. The molecule has 0 bridgehead atoms. The SMILES string of the molecule is CS(=O)(=O)c1c(OCC2(O)CCCCC2)ncc(C(F)(F)F)c1-c1ccccc1. The van der Waals surface area contributed by atoms with E-state index in [2.05, 4.69) is 4.98 Å². The molecule has 1 N–H and O–H groups in total. The molecule has 2 aromatic rings. The third-order valence-corrected chi connectivity index (χ3v) is 6.12. The molecule has 1 aromatic carbocycles. The van der Waals surface area contributed by atoms with Gasteiger partial charge in [-0.05, 0) is 18.4 Å². The van der Waals surface area contributed by atoms with Gasteiger partial charge in [0.15, 0.2) is 9.84 Å². The maximum Gasteiger partial charge on any atom is 0.418 e. The van der Waals surface area contributed by atoms with Crippen molar-refractivity contribution in [3.63, 3.8) is 0 Å². The number of rotatable bonds is 5. The minimum absolute atomic E-state index is 0.0869. The van der Waals surface area contributed by atoms with Gasteiger partial charge in [0.1, 0.15) is 11.5 Å². The smallest absolute Gasteiger partial charge is 0.418 e.